The van der Waals surface area contributed by atoms with Gasteiger partial charge in [0.2, 0.25) is 0 Å². The van der Waals surface area contributed by atoms with Crippen molar-refractivity contribution in [3.63, 3.8) is 0 Å². The summed E-state index contributed by atoms with van der Waals surface area (Å²) in [6, 6.07) is 0. The lowest BCUT2D eigenvalue weighted by Crippen LogP contribution is -1.88. The molecule has 0 radical (unpaired) electrons. The van der Waals surface area contributed by atoms with Gasteiger partial charge in [0.05, 0.1) is 12.3 Å². The highest BCUT2D eigenvalue weighted by Gasteiger charge is 2.22. The number of hydrogen-bond donors (Lipinski definition) is 1. The summed E-state index contributed by atoms with van der Waals surface area (Å²) in [4.78, 5) is 4.28. The Bertz CT molecular complexity index is 242. The summed E-state index contributed by atoms with van der Waals surface area (Å²) in [7, 11) is 0. The van der Waals surface area contributed by atoms with Gasteiger partial charge in [-0.25, -0.2) is 4.98 Å². The molecule has 1 fully saturated rings. The molecule has 2 nitrogen and oxygen atoms in total. The van der Waals surface area contributed by atoms with Crippen molar-refractivity contribution in [1.29, 1.82) is 0 Å². The Morgan fingerprint density at radius 1 is 1.64 bits per heavy atom. The van der Waals surface area contributed by atoms with Crippen LogP contribution in [0.3, 0.4) is 0 Å². The first-order valence-corrected chi connectivity index (χ1v) is 4.80. The van der Waals surface area contributed by atoms with Gasteiger partial charge in [-0.3, -0.25) is 0 Å². The standard InChI is InChI=1S/C8H11NOS/c10-4-8-9-7(5-11-8)3-6-1-2-6/h5-6,10H,1-4H2. The summed E-state index contributed by atoms with van der Waals surface area (Å²) in [5, 5.41) is 11.7. The van der Waals surface area contributed by atoms with E-state index in [2.05, 4.69) is 10.4 Å². The van der Waals surface area contributed by atoms with Crippen molar-refractivity contribution in [2.24, 2.45) is 5.92 Å². The third-order valence-corrected chi connectivity index (χ3v) is 2.81. The van der Waals surface area contributed by atoms with E-state index in [0.29, 0.717) is 0 Å². The van der Waals surface area contributed by atoms with Gasteiger partial charge >= 0.3 is 0 Å². The third-order valence-electron chi connectivity index (χ3n) is 1.93. The second-order valence-electron chi connectivity index (χ2n) is 3.04. The van der Waals surface area contributed by atoms with E-state index in [1.165, 1.54) is 18.5 Å². The molecule has 0 spiro atoms. The highest BCUT2D eigenvalue weighted by Crippen LogP contribution is 2.32. The molecule has 11 heavy (non-hydrogen) atoms. The predicted octanol–water partition coefficient (Wildman–Crippen LogP) is 1.59. The van der Waals surface area contributed by atoms with Crippen LogP contribution in [-0.2, 0) is 13.0 Å². The number of nitrogens with zero attached hydrogens (tertiary/aromatic N) is 1. The van der Waals surface area contributed by atoms with Gasteiger partial charge in [-0.2, -0.15) is 0 Å². The van der Waals surface area contributed by atoms with E-state index in [0.717, 1.165) is 17.3 Å². The van der Waals surface area contributed by atoms with Gasteiger partial charge in [0.15, 0.2) is 0 Å². The van der Waals surface area contributed by atoms with Crippen LogP contribution in [0.5, 0.6) is 0 Å². The predicted molar refractivity (Wildman–Crippen MR) is 44.5 cm³/mol. The van der Waals surface area contributed by atoms with E-state index < -0.39 is 0 Å². The summed E-state index contributed by atoms with van der Waals surface area (Å²) in [5.74, 6) is 0.892. The average molecular weight is 169 g/mol. The second-order valence-corrected chi connectivity index (χ2v) is 3.98. The summed E-state index contributed by atoms with van der Waals surface area (Å²) in [6.45, 7) is 0.0926. The van der Waals surface area contributed by atoms with Gasteiger partial charge in [-0.1, -0.05) is 0 Å². The van der Waals surface area contributed by atoms with Crippen molar-refractivity contribution < 1.29 is 5.11 Å². The molecular formula is C8H11NOS. The maximum Gasteiger partial charge on any atom is 0.118 e. The molecule has 0 bridgehead atoms. The lowest BCUT2D eigenvalue weighted by molar-refractivity contribution is 0.281. The number of aromatic nitrogens is 1. The molecule has 1 aliphatic rings. The SMILES string of the molecule is OCc1nc(CC2CC2)cs1. The Kier molecular flexibility index (Phi) is 1.92. The largest absolute Gasteiger partial charge is 0.389 e. The Balaban J connectivity index is 1.99. The van der Waals surface area contributed by atoms with Crippen LogP contribution in [0.25, 0.3) is 0 Å². The molecule has 0 saturated heterocycles. The average Bonchev–Trinajstić information content (AvgIpc) is 2.68. The molecule has 1 aromatic rings. The van der Waals surface area contributed by atoms with E-state index in [-0.39, 0.29) is 6.61 Å². The van der Waals surface area contributed by atoms with Gasteiger partial charge in [0, 0.05) is 5.38 Å². The van der Waals surface area contributed by atoms with Crippen molar-refractivity contribution in [3.8, 4) is 0 Å². The third kappa shape index (κ3) is 1.79. The molecule has 1 aliphatic carbocycles. The molecule has 1 heterocycles. The first-order valence-electron chi connectivity index (χ1n) is 3.92. The molecule has 0 amide bonds. The van der Waals surface area contributed by atoms with E-state index in [4.69, 9.17) is 5.11 Å². The summed E-state index contributed by atoms with van der Waals surface area (Å²) in [6.07, 6.45) is 3.86. The van der Waals surface area contributed by atoms with Gasteiger partial charge in [-0.05, 0) is 25.2 Å². The van der Waals surface area contributed by atoms with Crippen LogP contribution in [0.15, 0.2) is 5.38 Å². The minimum Gasteiger partial charge on any atom is -0.389 e. The smallest absolute Gasteiger partial charge is 0.118 e. The van der Waals surface area contributed by atoms with Crippen molar-refractivity contribution in [1.82, 2.24) is 4.98 Å². The van der Waals surface area contributed by atoms with Crippen LogP contribution < -0.4 is 0 Å². The van der Waals surface area contributed by atoms with Gasteiger partial charge in [0.25, 0.3) is 0 Å². The van der Waals surface area contributed by atoms with Gasteiger partial charge in [-0.15, -0.1) is 11.3 Å². The summed E-state index contributed by atoms with van der Waals surface area (Å²) < 4.78 is 0. The molecule has 1 aromatic heterocycles. The van der Waals surface area contributed by atoms with E-state index in [9.17, 15) is 0 Å². The number of rotatable bonds is 3. The molecule has 0 aromatic carbocycles. The highest BCUT2D eigenvalue weighted by molar-refractivity contribution is 7.09. The Morgan fingerprint density at radius 3 is 3.00 bits per heavy atom. The zero-order valence-corrected chi connectivity index (χ0v) is 7.10. The summed E-state index contributed by atoms with van der Waals surface area (Å²) in [5.41, 5.74) is 1.17. The second kappa shape index (κ2) is 2.91. The quantitative estimate of drug-likeness (QED) is 0.745. The molecule has 3 heteroatoms. The van der Waals surface area contributed by atoms with Crippen molar-refractivity contribution in [2.45, 2.75) is 25.9 Å². The number of aliphatic hydroxyl groups is 1. The fraction of sp³-hybridized carbons (Fsp3) is 0.625. The molecular weight excluding hydrogens is 158 g/mol. The Morgan fingerprint density at radius 2 is 2.45 bits per heavy atom. The van der Waals surface area contributed by atoms with Gasteiger partial charge in [0.1, 0.15) is 5.01 Å². The maximum atomic E-state index is 8.75. The van der Waals surface area contributed by atoms with E-state index in [1.807, 2.05) is 0 Å². The van der Waals surface area contributed by atoms with Crippen molar-refractivity contribution in [3.05, 3.63) is 16.1 Å². The molecule has 60 valence electrons. The number of thiazole rings is 1. The van der Waals surface area contributed by atoms with Crippen molar-refractivity contribution >= 4 is 11.3 Å². The Labute approximate surface area is 69.9 Å². The first kappa shape index (κ1) is 7.25. The van der Waals surface area contributed by atoms with Crippen LogP contribution in [0, 0.1) is 5.92 Å². The van der Waals surface area contributed by atoms with E-state index in [1.54, 1.807) is 11.3 Å². The maximum absolute atomic E-state index is 8.75. The molecule has 1 saturated carbocycles. The monoisotopic (exact) mass is 169 g/mol. The van der Waals surface area contributed by atoms with Crippen LogP contribution in [0.1, 0.15) is 23.5 Å². The topological polar surface area (TPSA) is 33.1 Å². The fourth-order valence-electron chi connectivity index (χ4n) is 1.13. The van der Waals surface area contributed by atoms with E-state index >= 15 is 0 Å². The lowest BCUT2D eigenvalue weighted by atomic mass is 10.2. The Hall–Kier alpha value is -0.410. The molecule has 1 N–H and O–H groups in total. The normalized spacial score (nSPS) is 17.2. The first-order chi connectivity index (χ1) is 5.38. The van der Waals surface area contributed by atoms with Crippen LogP contribution in [-0.4, -0.2) is 10.1 Å². The van der Waals surface area contributed by atoms with Crippen LogP contribution >= 0.6 is 11.3 Å². The minimum atomic E-state index is 0.0926. The molecule has 0 aliphatic heterocycles. The highest BCUT2D eigenvalue weighted by atomic mass is 32.1. The van der Waals surface area contributed by atoms with Gasteiger partial charge < -0.3 is 5.11 Å². The fourth-order valence-corrected chi connectivity index (χ4v) is 1.80. The molecule has 2 rings (SSSR count). The minimum absolute atomic E-state index is 0.0926. The molecule has 0 atom stereocenters. The van der Waals surface area contributed by atoms with Crippen molar-refractivity contribution in [2.75, 3.05) is 0 Å². The zero-order valence-electron chi connectivity index (χ0n) is 6.29. The number of aliphatic hydroxyl groups excluding tert-OH is 1. The zero-order chi connectivity index (χ0) is 7.68. The summed E-state index contributed by atoms with van der Waals surface area (Å²) >= 11 is 1.56. The lowest BCUT2D eigenvalue weighted by Gasteiger charge is -1.89. The van der Waals surface area contributed by atoms with Crippen LogP contribution in [0.2, 0.25) is 0 Å². The number of hydrogen-bond acceptors (Lipinski definition) is 3. The van der Waals surface area contributed by atoms with Crippen LogP contribution in [0.4, 0.5) is 0 Å². The molecule has 0 unspecified atom stereocenters.